The summed E-state index contributed by atoms with van der Waals surface area (Å²) in [6, 6.07) is 1.29. The summed E-state index contributed by atoms with van der Waals surface area (Å²) in [5.74, 6) is -1.16. The minimum absolute atomic E-state index is 0.00287. The molecule has 0 amide bonds. The van der Waals surface area contributed by atoms with Gasteiger partial charge < -0.3 is 65.6 Å². The predicted molar refractivity (Wildman–Crippen MR) is 294 cm³/mol. The number of fused-ring (bicyclic) bond motifs is 2. The van der Waals surface area contributed by atoms with E-state index in [1.807, 2.05) is 0 Å². The van der Waals surface area contributed by atoms with Crippen molar-refractivity contribution < 1.29 is 108 Å². The quantitative estimate of drug-likeness (QED) is 0.0229. The van der Waals surface area contributed by atoms with E-state index in [2.05, 4.69) is 39.9 Å². The van der Waals surface area contributed by atoms with E-state index in [0.717, 1.165) is 34.1 Å². The molecule has 6 aromatic heterocycles. The van der Waals surface area contributed by atoms with E-state index in [-0.39, 0.29) is 58.3 Å². The van der Waals surface area contributed by atoms with Crippen LogP contribution in [0.4, 0.5) is 17.6 Å². The SMILES string of the molecule is Cc1cn([C@H]2C[C@H](OP(=O)(O)OC[C@H]3O[C@@H](n4cnc5c(N)ncnc54)C[C@@H]3OP(=O)(O)OC[C@@H]3C=CC(=O)O3)[C@@H](COP(=O)(O)O[C@H]3C[C@H](n4cnc5c(=O)[nH]c(N)nc54)O[C@@H]3COP(=O)(O)O[C@H]3C[C@H](n4ccc(N)nc4=O)O[C@@H]3CO)O2)c(=O)[nH]c1=O. The molecule has 11 heterocycles. The van der Waals surface area contributed by atoms with Gasteiger partial charge in [-0.1, -0.05) is 0 Å². The lowest BCUT2D eigenvalue weighted by molar-refractivity contribution is -0.139. The number of imidazole rings is 2. The average Bonchev–Trinajstić information content (AvgIpc) is 1.67. The molecule has 6 aromatic rings. The number of nitrogen functional groups attached to an aromatic ring is 3. The largest absolute Gasteiger partial charge is 0.472 e. The molecule has 0 saturated carbocycles. The number of aromatic nitrogens is 12. The zero-order valence-electron chi connectivity index (χ0n) is 46.2. The van der Waals surface area contributed by atoms with Crippen LogP contribution in [0, 0.1) is 6.92 Å². The van der Waals surface area contributed by atoms with Gasteiger partial charge in [0.15, 0.2) is 22.6 Å². The molecule has 4 fully saturated rings. The third kappa shape index (κ3) is 14.6. The number of nitrogens with two attached hydrogens (primary N) is 3. The van der Waals surface area contributed by atoms with Gasteiger partial charge in [-0.2, -0.15) is 9.97 Å². The van der Waals surface area contributed by atoms with E-state index in [1.165, 1.54) is 40.7 Å². The number of nitrogens with zero attached hydrogens (tertiary/aromatic N) is 10. The number of aromatic amines is 2. The molecule has 488 valence electrons. The van der Waals surface area contributed by atoms with Crippen LogP contribution in [0.3, 0.4) is 0 Å². The Labute approximate surface area is 501 Å². The van der Waals surface area contributed by atoms with E-state index in [9.17, 15) is 66.9 Å². The molecule has 46 heteroatoms. The summed E-state index contributed by atoms with van der Waals surface area (Å²) in [6.07, 6.45) is -11.7. The van der Waals surface area contributed by atoms with Crippen molar-refractivity contribution in [1.82, 2.24) is 58.1 Å². The molecule has 5 aliphatic heterocycles. The van der Waals surface area contributed by atoms with Gasteiger partial charge in [-0.3, -0.25) is 74.0 Å². The summed E-state index contributed by atoms with van der Waals surface area (Å²) in [5.41, 5.74) is 14.0. The van der Waals surface area contributed by atoms with Crippen LogP contribution in [0.5, 0.6) is 0 Å². The molecular formula is C44H55N15O27P4. The fourth-order valence-electron chi connectivity index (χ4n) is 10.2. The zero-order valence-corrected chi connectivity index (χ0v) is 49.8. The van der Waals surface area contributed by atoms with Gasteiger partial charge in [0, 0.05) is 49.7 Å². The Balaban J connectivity index is 0.796. The molecule has 4 saturated heterocycles. The number of cyclic esters (lactones) is 1. The molecular weight excluding hydrogens is 1290 g/mol. The van der Waals surface area contributed by atoms with Crippen LogP contribution in [-0.4, -0.2) is 177 Å². The normalized spacial score (nSPS) is 29.6. The van der Waals surface area contributed by atoms with Gasteiger partial charge in [0.2, 0.25) is 5.95 Å². The molecule has 4 unspecified atom stereocenters. The average molecular weight is 1350 g/mol. The van der Waals surface area contributed by atoms with Gasteiger partial charge in [0.25, 0.3) is 11.1 Å². The number of aliphatic hydroxyl groups is 1. The molecule has 0 aliphatic carbocycles. The molecule has 0 bridgehead atoms. The summed E-state index contributed by atoms with van der Waals surface area (Å²) < 4.78 is 132. The highest BCUT2D eigenvalue weighted by Crippen LogP contribution is 2.55. The van der Waals surface area contributed by atoms with Crippen LogP contribution in [0.1, 0.15) is 56.2 Å². The van der Waals surface area contributed by atoms with Crippen LogP contribution in [-0.2, 0) is 82.9 Å². The van der Waals surface area contributed by atoms with E-state index in [0.29, 0.717) is 0 Å². The summed E-state index contributed by atoms with van der Waals surface area (Å²) >= 11 is 0. The van der Waals surface area contributed by atoms with Crippen molar-refractivity contribution in [3.63, 3.8) is 0 Å². The van der Waals surface area contributed by atoms with E-state index in [1.54, 1.807) is 0 Å². The lowest BCUT2D eigenvalue weighted by Gasteiger charge is -2.25. The maximum atomic E-state index is 14.1. The van der Waals surface area contributed by atoms with Crippen molar-refractivity contribution in [2.24, 2.45) is 0 Å². The number of aliphatic hydroxyl groups excluding tert-OH is 1. The number of H-pyrrole nitrogens is 2. The van der Waals surface area contributed by atoms with Crippen molar-refractivity contribution in [2.45, 2.75) is 112 Å². The van der Waals surface area contributed by atoms with Gasteiger partial charge in [0.1, 0.15) is 97.5 Å². The van der Waals surface area contributed by atoms with Crippen LogP contribution in [0.15, 0.2) is 68.8 Å². The van der Waals surface area contributed by atoms with Crippen LogP contribution in [0.25, 0.3) is 22.3 Å². The first-order valence-electron chi connectivity index (χ1n) is 26.7. The second kappa shape index (κ2) is 25.8. The van der Waals surface area contributed by atoms with Gasteiger partial charge in [-0.05, 0) is 19.1 Å². The molecule has 5 aliphatic rings. The van der Waals surface area contributed by atoms with Gasteiger partial charge in [-0.25, -0.2) is 52.6 Å². The lowest BCUT2D eigenvalue weighted by Crippen LogP contribution is -2.33. The van der Waals surface area contributed by atoms with Crippen molar-refractivity contribution in [2.75, 3.05) is 50.2 Å². The van der Waals surface area contributed by atoms with Gasteiger partial charge in [-0.15, -0.1) is 0 Å². The van der Waals surface area contributed by atoms with Crippen molar-refractivity contribution in [1.29, 1.82) is 0 Å². The minimum Gasteiger partial charge on any atom is -0.452 e. The van der Waals surface area contributed by atoms with Crippen LogP contribution >= 0.6 is 31.3 Å². The van der Waals surface area contributed by atoms with Crippen LogP contribution < -0.4 is 39.7 Å². The Morgan fingerprint density at radius 3 is 1.61 bits per heavy atom. The van der Waals surface area contributed by atoms with E-state index >= 15 is 0 Å². The first kappa shape index (κ1) is 64.8. The molecule has 0 aromatic carbocycles. The summed E-state index contributed by atoms with van der Waals surface area (Å²) in [7, 11) is -21.2. The Morgan fingerprint density at radius 2 is 1.09 bits per heavy atom. The standard InChI is InChI=1S/C44H55N15O27P4/c1-19-10-57(44(65)55-40(19)62)31-7-22(85-89(70,71)77-14-27-23(84-87(66,67)74-12-20-2-3-34(61)78-20)8-32(81-27)58-17-50-35-37(46)48-16-49-38(35)58)26(80-31)13-76-90(72,73)86-24-9-33(59-18-51-36-39(59)53-42(47)54-41(36)63)82-28(24)15-75-88(68,69)83-21-6-30(79-25(21)11-60)56-5-4-29(45)52-43(56)64/h2-5,10,16-18,20-28,30-33,60H,6-9,11-15H2,1H3,(H,66,67)(H,68,69)(H,70,71)(H,72,73)(H2,45,52,64)(H2,46,48,49)(H,55,62,65)(H3,47,53,54,63)/t20-,21-,22-,23-,24-,25+,26+,27+,28+,30+,31+,32+,33+/m0/s1. The van der Waals surface area contributed by atoms with Crippen molar-refractivity contribution >= 4 is 77.2 Å². The number of phosphoric acid groups is 4. The van der Waals surface area contributed by atoms with Gasteiger partial charge >= 0.3 is 48.6 Å². The second-order valence-electron chi connectivity index (χ2n) is 20.5. The third-order valence-corrected chi connectivity index (χ3v) is 18.4. The molecule has 17 atom stereocenters. The smallest absolute Gasteiger partial charge is 0.452 e. The minimum atomic E-state index is -5.49. The number of carbonyl (C=O) groups excluding carboxylic acids is 1. The topological polar surface area (TPSA) is 581 Å². The number of ether oxygens (including phenoxy) is 5. The number of anilines is 3. The Kier molecular flexibility index (Phi) is 18.6. The highest BCUT2D eigenvalue weighted by Gasteiger charge is 2.49. The molecule has 90 heavy (non-hydrogen) atoms. The highest BCUT2D eigenvalue weighted by atomic mass is 31.2. The Morgan fingerprint density at radius 1 is 0.600 bits per heavy atom. The van der Waals surface area contributed by atoms with Crippen LogP contribution in [0.2, 0.25) is 0 Å². The summed E-state index contributed by atoms with van der Waals surface area (Å²) in [5, 5.41) is 10.1. The Bertz CT molecular complexity index is 4180. The fraction of sp³-hybridized carbons (Fsp3) is 0.523. The number of nitrogens with one attached hydrogen (secondary N) is 2. The molecule has 42 nitrogen and oxygen atoms in total. The second-order valence-corrected chi connectivity index (χ2v) is 26.1. The number of esters is 1. The third-order valence-electron chi connectivity index (χ3n) is 14.4. The summed E-state index contributed by atoms with van der Waals surface area (Å²) in [6.45, 7) is -2.98. The number of carbonyl (C=O) groups is 1. The fourth-order valence-corrected chi connectivity index (χ4v) is 14.0. The molecule has 0 spiro atoms. The number of phosphoric ester groups is 4. The first-order chi connectivity index (χ1) is 42.6. The first-order valence-corrected chi connectivity index (χ1v) is 32.6. The lowest BCUT2D eigenvalue weighted by atomic mass is 10.2. The zero-order chi connectivity index (χ0) is 64.2. The predicted octanol–water partition coefficient (Wildman–Crippen LogP) is -1.55. The molecule has 0 radical (unpaired) electrons. The van der Waals surface area contributed by atoms with Gasteiger partial charge in [0.05, 0.1) is 45.7 Å². The molecule has 11 rings (SSSR count). The maximum Gasteiger partial charge on any atom is 0.472 e. The number of hydrogen-bond donors (Lipinski definition) is 10. The van der Waals surface area contributed by atoms with Crippen molar-refractivity contribution in [3.05, 3.63) is 96.8 Å². The maximum absolute atomic E-state index is 14.1. The molecule has 13 N–H and O–H groups in total. The monoisotopic (exact) mass is 1350 g/mol. The van der Waals surface area contributed by atoms with Crippen molar-refractivity contribution in [3.8, 4) is 0 Å². The van der Waals surface area contributed by atoms with E-state index < -0.39 is 185 Å². The summed E-state index contributed by atoms with van der Waals surface area (Å²) in [4.78, 5) is 135. The number of hydrogen-bond acceptors (Lipinski definition) is 32. The number of aryl methyl sites for hydroxylation is 1. The number of rotatable bonds is 25. The Hall–Kier alpha value is -6.69. The van der Waals surface area contributed by atoms with E-state index in [4.69, 9.17) is 77.1 Å². The highest BCUT2D eigenvalue weighted by molar-refractivity contribution is 7.48.